The van der Waals surface area contributed by atoms with E-state index in [1.54, 1.807) is 7.11 Å². The Morgan fingerprint density at radius 2 is 2.17 bits per heavy atom. The molecule has 0 heterocycles. The molecule has 0 saturated carbocycles. The Morgan fingerprint density at radius 1 is 1.39 bits per heavy atom. The van der Waals surface area contributed by atoms with Crippen LogP contribution >= 0.6 is 15.9 Å². The topological polar surface area (TPSA) is 50.4 Å². The molecule has 0 aliphatic heterocycles. The number of nitrogens with one attached hydrogen (secondary N) is 2. The number of methoxy groups -OCH3 is 1. The monoisotopic (exact) mass is 318 g/mol. The summed E-state index contributed by atoms with van der Waals surface area (Å²) in [5.41, 5.74) is 0.431. The van der Waals surface area contributed by atoms with E-state index in [1.165, 1.54) is 18.2 Å². The van der Waals surface area contributed by atoms with Gasteiger partial charge in [-0.3, -0.25) is 4.79 Å². The van der Waals surface area contributed by atoms with Crippen molar-refractivity contribution in [1.29, 1.82) is 0 Å². The molecule has 1 amide bonds. The molecule has 0 fully saturated rings. The van der Waals surface area contributed by atoms with Gasteiger partial charge in [-0.2, -0.15) is 0 Å². The van der Waals surface area contributed by atoms with E-state index in [0.29, 0.717) is 25.3 Å². The lowest BCUT2D eigenvalue weighted by Gasteiger charge is -2.07. The molecule has 4 nitrogen and oxygen atoms in total. The molecule has 1 aromatic rings. The third-order valence-corrected chi connectivity index (χ3v) is 2.86. The van der Waals surface area contributed by atoms with E-state index in [2.05, 4.69) is 26.6 Å². The highest BCUT2D eigenvalue weighted by molar-refractivity contribution is 9.10. The minimum atomic E-state index is -0.382. The van der Waals surface area contributed by atoms with Gasteiger partial charge < -0.3 is 15.4 Å². The highest BCUT2D eigenvalue weighted by Gasteiger charge is 2.07. The van der Waals surface area contributed by atoms with Crippen molar-refractivity contribution in [1.82, 2.24) is 10.6 Å². The average molecular weight is 319 g/mol. The average Bonchev–Trinajstić information content (AvgIpc) is 2.36. The third kappa shape index (κ3) is 5.12. The van der Waals surface area contributed by atoms with Crippen LogP contribution in [0.25, 0.3) is 0 Å². The second kappa shape index (κ2) is 8.18. The second-order valence-corrected chi connectivity index (χ2v) is 4.48. The molecule has 0 saturated heterocycles. The summed E-state index contributed by atoms with van der Waals surface area (Å²) in [4.78, 5) is 11.7. The zero-order valence-corrected chi connectivity index (χ0v) is 11.7. The summed E-state index contributed by atoms with van der Waals surface area (Å²) in [7, 11) is 1.63. The predicted octanol–water partition coefficient (Wildman–Crippen LogP) is 1.55. The van der Waals surface area contributed by atoms with Crippen LogP contribution in [0.4, 0.5) is 4.39 Å². The lowest BCUT2D eigenvalue weighted by molar-refractivity contribution is 0.0953. The molecule has 0 aliphatic rings. The summed E-state index contributed by atoms with van der Waals surface area (Å²) >= 11 is 3.04. The normalized spacial score (nSPS) is 10.4. The van der Waals surface area contributed by atoms with Gasteiger partial charge in [0.15, 0.2) is 0 Å². The summed E-state index contributed by atoms with van der Waals surface area (Å²) in [6.07, 6.45) is 0. The SMILES string of the molecule is COCCNCCNC(=O)c1ccc(F)c(Br)c1. The van der Waals surface area contributed by atoms with E-state index in [0.717, 1.165) is 6.54 Å². The number of ether oxygens (including phenoxy) is 1. The van der Waals surface area contributed by atoms with Crippen LogP contribution in [0.3, 0.4) is 0 Å². The van der Waals surface area contributed by atoms with E-state index >= 15 is 0 Å². The Balaban J connectivity index is 2.30. The molecule has 0 radical (unpaired) electrons. The fourth-order valence-corrected chi connectivity index (χ4v) is 1.68. The van der Waals surface area contributed by atoms with Crippen LogP contribution in [0.1, 0.15) is 10.4 Å². The zero-order valence-electron chi connectivity index (χ0n) is 10.1. The molecule has 0 aliphatic carbocycles. The molecular formula is C12H16BrFN2O2. The van der Waals surface area contributed by atoms with Crippen LogP contribution in [-0.2, 0) is 4.74 Å². The molecule has 1 aromatic carbocycles. The molecule has 0 bridgehead atoms. The molecule has 1 rings (SSSR count). The van der Waals surface area contributed by atoms with E-state index < -0.39 is 0 Å². The summed E-state index contributed by atoms with van der Waals surface area (Å²) in [6.45, 7) is 2.56. The van der Waals surface area contributed by atoms with Crippen LogP contribution in [-0.4, -0.2) is 39.3 Å². The van der Waals surface area contributed by atoms with Gasteiger partial charge in [-0.25, -0.2) is 4.39 Å². The van der Waals surface area contributed by atoms with Crippen molar-refractivity contribution >= 4 is 21.8 Å². The van der Waals surface area contributed by atoms with Gasteiger partial charge in [0, 0.05) is 32.3 Å². The second-order valence-electron chi connectivity index (χ2n) is 3.63. The fourth-order valence-electron chi connectivity index (χ4n) is 1.30. The van der Waals surface area contributed by atoms with E-state index in [9.17, 15) is 9.18 Å². The number of carbonyl (C=O) groups excluding carboxylic acids is 1. The lowest BCUT2D eigenvalue weighted by atomic mass is 10.2. The number of benzene rings is 1. The van der Waals surface area contributed by atoms with E-state index in [-0.39, 0.29) is 16.2 Å². The number of amides is 1. The highest BCUT2D eigenvalue weighted by atomic mass is 79.9. The van der Waals surface area contributed by atoms with Crippen molar-refractivity contribution in [2.24, 2.45) is 0 Å². The summed E-state index contributed by atoms with van der Waals surface area (Å²) in [5.74, 6) is -0.600. The Morgan fingerprint density at radius 3 is 2.83 bits per heavy atom. The maximum atomic E-state index is 13.0. The predicted molar refractivity (Wildman–Crippen MR) is 71.2 cm³/mol. The quantitative estimate of drug-likeness (QED) is 0.750. The Labute approximate surface area is 114 Å². The van der Waals surface area contributed by atoms with E-state index in [1.807, 2.05) is 0 Å². The largest absolute Gasteiger partial charge is 0.383 e. The van der Waals surface area contributed by atoms with Crippen molar-refractivity contribution in [3.63, 3.8) is 0 Å². The van der Waals surface area contributed by atoms with Gasteiger partial charge in [-0.05, 0) is 34.1 Å². The van der Waals surface area contributed by atoms with Crippen molar-refractivity contribution in [2.45, 2.75) is 0 Å². The van der Waals surface area contributed by atoms with Crippen LogP contribution in [0.5, 0.6) is 0 Å². The van der Waals surface area contributed by atoms with Crippen molar-refractivity contribution < 1.29 is 13.9 Å². The van der Waals surface area contributed by atoms with Crippen molar-refractivity contribution in [3.05, 3.63) is 34.1 Å². The van der Waals surface area contributed by atoms with Gasteiger partial charge in [0.1, 0.15) is 5.82 Å². The molecule has 100 valence electrons. The maximum absolute atomic E-state index is 13.0. The first kappa shape index (κ1) is 15.1. The van der Waals surface area contributed by atoms with Crippen LogP contribution in [0.2, 0.25) is 0 Å². The summed E-state index contributed by atoms with van der Waals surface area (Å²) < 4.78 is 18.1. The Bertz CT molecular complexity index is 402. The van der Waals surface area contributed by atoms with Gasteiger partial charge in [0.25, 0.3) is 5.91 Å². The summed E-state index contributed by atoms with van der Waals surface area (Å²) in [5, 5.41) is 5.84. The minimum absolute atomic E-state index is 0.218. The fraction of sp³-hybridized carbons (Fsp3) is 0.417. The molecule has 0 aromatic heterocycles. The number of hydrogen-bond donors (Lipinski definition) is 2. The smallest absolute Gasteiger partial charge is 0.251 e. The first-order valence-corrected chi connectivity index (χ1v) is 6.37. The van der Waals surface area contributed by atoms with Crippen LogP contribution in [0.15, 0.2) is 22.7 Å². The molecule has 2 N–H and O–H groups in total. The number of rotatable bonds is 7. The Hall–Kier alpha value is -0.980. The molecule has 0 unspecified atom stereocenters. The number of hydrogen-bond acceptors (Lipinski definition) is 3. The Kier molecular flexibility index (Phi) is 6.85. The lowest BCUT2D eigenvalue weighted by Crippen LogP contribution is -2.33. The third-order valence-electron chi connectivity index (χ3n) is 2.25. The molecule has 6 heteroatoms. The molecule has 18 heavy (non-hydrogen) atoms. The van der Waals surface area contributed by atoms with Crippen molar-refractivity contribution in [3.8, 4) is 0 Å². The maximum Gasteiger partial charge on any atom is 0.251 e. The number of halogens is 2. The van der Waals surface area contributed by atoms with Gasteiger partial charge >= 0.3 is 0 Å². The van der Waals surface area contributed by atoms with Gasteiger partial charge in [-0.1, -0.05) is 0 Å². The minimum Gasteiger partial charge on any atom is -0.383 e. The highest BCUT2D eigenvalue weighted by Crippen LogP contribution is 2.16. The first-order chi connectivity index (χ1) is 8.65. The van der Waals surface area contributed by atoms with Gasteiger partial charge in [0.2, 0.25) is 0 Å². The van der Waals surface area contributed by atoms with Gasteiger partial charge in [0.05, 0.1) is 11.1 Å². The molecular weight excluding hydrogens is 303 g/mol. The van der Waals surface area contributed by atoms with Gasteiger partial charge in [-0.15, -0.1) is 0 Å². The molecule has 0 atom stereocenters. The van der Waals surface area contributed by atoms with E-state index in [4.69, 9.17) is 4.74 Å². The van der Waals surface area contributed by atoms with Crippen LogP contribution < -0.4 is 10.6 Å². The van der Waals surface area contributed by atoms with Crippen molar-refractivity contribution in [2.75, 3.05) is 33.4 Å². The standard InChI is InChI=1S/C12H16BrFN2O2/c1-18-7-6-15-4-5-16-12(17)9-2-3-11(14)10(13)8-9/h2-3,8,15H,4-7H2,1H3,(H,16,17). The zero-order chi connectivity index (χ0) is 13.4. The summed E-state index contributed by atoms with van der Waals surface area (Å²) in [6, 6.07) is 4.17. The van der Waals surface area contributed by atoms with Crippen LogP contribution in [0, 0.1) is 5.82 Å². The molecule has 0 spiro atoms. The first-order valence-electron chi connectivity index (χ1n) is 5.58. The number of carbonyl (C=O) groups is 1.